The Bertz CT molecular complexity index is 462. The molecule has 0 bridgehead atoms. The first kappa shape index (κ1) is 16.2. The molecule has 3 nitrogen and oxygen atoms in total. The number of benzene rings is 1. The van der Waals surface area contributed by atoms with Gasteiger partial charge in [0.25, 0.3) is 0 Å². The van der Waals surface area contributed by atoms with Gasteiger partial charge in [0.1, 0.15) is 11.4 Å². The second-order valence-corrected chi connectivity index (χ2v) is 6.08. The fourth-order valence-electron chi connectivity index (χ4n) is 1.39. The lowest BCUT2D eigenvalue weighted by Gasteiger charge is -2.23. The Hall–Kier alpha value is -0.810. The smallest absolute Gasteiger partial charge is 0.408 e. The van der Waals surface area contributed by atoms with Crippen molar-refractivity contribution >= 4 is 33.6 Å². The molecule has 0 aliphatic rings. The highest BCUT2D eigenvalue weighted by Gasteiger charge is 2.20. The summed E-state index contributed by atoms with van der Waals surface area (Å²) in [6.45, 7) is 5.35. The number of carbonyl (C=O) groups excluding carboxylic acids is 1. The molecule has 1 amide bonds. The maximum absolute atomic E-state index is 13.1. The van der Waals surface area contributed by atoms with Gasteiger partial charge >= 0.3 is 6.09 Å². The minimum absolute atomic E-state index is 0.0226. The molecule has 1 atom stereocenters. The van der Waals surface area contributed by atoms with E-state index in [4.69, 9.17) is 16.3 Å². The topological polar surface area (TPSA) is 38.3 Å². The number of ether oxygens (including phenoxy) is 1. The van der Waals surface area contributed by atoms with Gasteiger partial charge in [-0.2, -0.15) is 0 Å². The van der Waals surface area contributed by atoms with Crippen LogP contribution in [0.15, 0.2) is 18.2 Å². The van der Waals surface area contributed by atoms with E-state index in [-0.39, 0.29) is 11.1 Å². The number of nitrogens with one attached hydrogen (secondary N) is 1. The molecule has 106 valence electrons. The highest BCUT2D eigenvalue weighted by molar-refractivity contribution is 9.09. The Morgan fingerprint density at radius 2 is 2.16 bits per heavy atom. The van der Waals surface area contributed by atoms with Gasteiger partial charge in [0.2, 0.25) is 0 Å². The van der Waals surface area contributed by atoms with Crippen LogP contribution >= 0.6 is 27.5 Å². The minimum atomic E-state index is -0.568. The molecular formula is C13H16BrClFNO2. The van der Waals surface area contributed by atoms with Gasteiger partial charge in [-0.05, 0) is 38.5 Å². The summed E-state index contributed by atoms with van der Waals surface area (Å²) in [7, 11) is 0. The van der Waals surface area contributed by atoms with Gasteiger partial charge in [-0.3, -0.25) is 0 Å². The van der Waals surface area contributed by atoms with Crippen LogP contribution in [0.2, 0.25) is 5.02 Å². The number of amides is 1. The molecule has 0 aliphatic carbocycles. The lowest BCUT2D eigenvalue weighted by Crippen LogP contribution is -2.35. The van der Waals surface area contributed by atoms with E-state index in [2.05, 4.69) is 21.2 Å². The number of alkyl halides is 1. The summed E-state index contributed by atoms with van der Waals surface area (Å²) >= 11 is 9.02. The van der Waals surface area contributed by atoms with E-state index >= 15 is 0 Å². The number of rotatable bonds is 3. The predicted molar refractivity (Wildman–Crippen MR) is 77.3 cm³/mol. The molecule has 19 heavy (non-hydrogen) atoms. The van der Waals surface area contributed by atoms with E-state index < -0.39 is 17.5 Å². The largest absolute Gasteiger partial charge is 0.444 e. The Morgan fingerprint density at radius 1 is 1.53 bits per heavy atom. The maximum atomic E-state index is 13.1. The van der Waals surface area contributed by atoms with Crippen LogP contribution in [0.3, 0.4) is 0 Å². The van der Waals surface area contributed by atoms with E-state index in [0.29, 0.717) is 10.9 Å². The second-order valence-electron chi connectivity index (χ2n) is 5.03. The van der Waals surface area contributed by atoms with Crippen molar-refractivity contribution in [2.75, 3.05) is 5.33 Å². The molecule has 1 aromatic carbocycles. The molecule has 1 rings (SSSR count). The summed E-state index contributed by atoms with van der Waals surface area (Å²) in [5, 5.41) is 3.19. The average molecular weight is 353 g/mol. The van der Waals surface area contributed by atoms with Gasteiger partial charge < -0.3 is 10.1 Å². The summed E-state index contributed by atoms with van der Waals surface area (Å²) in [6.07, 6.45) is -0.530. The molecular weight excluding hydrogens is 337 g/mol. The molecule has 0 fully saturated rings. The fourth-order valence-corrected chi connectivity index (χ4v) is 2.11. The van der Waals surface area contributed by atoms with E-state index in [0.717, 1.165) is 0 Å². The van der Waals surface area contributed by atoms with Crippen LogP contribution in [0.25, 0.3) is 0 Å². The van der Waals surface area contributed by atoms with Crippen LogP contribution in [0.4, 0.5) is 9.18 Å². The number of halogens is 3. The monoisotopic (exact) mass is 351 g/mol. The van der Waals surface area contributed by atoms with Crippen LogP contribution in [0.5, 0.6) is 0 Å². The number of hydrogen-bond acceptors (Lipinski definition) is 2. The van der Waals surface area contributed by atoms with Crippen LogP contribution in [-0.2, 0) is 4.74 Å². The van der Waals surface area contributed by atoms with Gasteiger partial charge in [0, 0.05) is 5.33 Å². The van der Waals surface area contributed by atoms with Crippen molar-refractivity contribution in [3.05, 3.63) is 34.6 Å². The van der Waals surface area contributed by atoms with Crippen molar-refractivity contribution in [2.24, 2.45) is 0 Å². The highest BCUT2D eigenvalue weighted by atomic mass is 79.9. The van der Waals surface area contributed by atoms with Crippen molar-refractivity contribution in [1.29, 1.82) is 0 Å². The van der Waals surface area contributed by atoms with Crippen molar-refractivity contribution < 1.29 is 13.9 Å². The molecule has 0 saturated carbocycles. The summed E-state index contributed by atoms with van der Waals surface area (Å²) in [5.41, 5.74) is 0.135. The summed E-state index contributed by atoms with van der Waals surface area (Å²) in [5.74, 6) is -0.490. The van der Waals surface area contributed by atoms with Gasteiger partial charge in [-0.1, -0.05) is 33.6 Å². The molecule has 0 aromatic heterocycles. The lowest BCUT2D eigenvalue weighted by atomic mass is 10.1. The minimum Gasteiger partial charge on any atom is -0.444 e. The van der Waals surface area contributed by atoms with E-state index in [1.807, 2.05) is 0 Å². The second kappa shape index (κ2) is 6.57. The Balaban J connectivity index is 2.78. The maximum Gasteiger partial charge on any atom is 0.408 e. The normalized spacial score (nSPS) is 12.9. The molecule has 1 N–H and O–H groups in total. The number of alkyl carbamates (subject to hydrolysis) is 1. The third-order valence-electron chi connectivity index (χ3n) is 2.19. The molecule has 1 unspecified atom stereocenters. The Labute approximate surface area is 125 Å². The number of hydrogen-bond donors (Lipinski definition) is 1. The van der Waals surface area contributed by atoms with Gasteiger partial charge in [-0.25, -0.2) is 9.18 Å². The van der Waals surface area contributed by atoms with Gasteiger partial charge in [-0.15, -0.1) is 0 Å². The molecule has 1 aromatic rings. The van der Waals surface area contributed by atoms with Crippen molar-refractivity contribution in [2.45, 2.75) is 32.4 Å². The predicted octanol–water partition coefficient (Wildman–Crippen LogP) is 4.44. The molecule has 0 heterocycles. The average Bonchev–Trinajstić information content (AvgIpc) is 2.27. The van der Waals surface area contributed by atoms with E-state index in [1.165, 1.54) is 12.1 Å². The SMILES string of the molecule is CC(C)(C)OC(=O)NC(CBr)c1ccc(F)c(Cl)c1. The molecule has 0 saturated heterocycles. The third kappa shape index (κ3) is 5.37. The first-order valence-corrected chi connectivity index (χ1v) is 7.23. The van der Waals surface area contributed by atoms with Gasteiger partial charge in [0.05, 0.1) is 11.1 Å². The molecule has 0 spiro atoms. The number of carbonyl (C=O) groups is 1. The van der Waals surface area contributed by atoms with Crippen molar-refractivity contribution in [1.82, 2.24) is 5.32 Å². The Kier molecular flexibility index (Phi) is 5.62. The lowest BCUT2D eigenvalue weighted by molar-refractivity contribution is 0.0509. The quantitative estimate of drug-likeness (QED) is 0.817. The van der Waals surface area contributed by atoms with Crippen LogP contribution in [-0.4, -0.2) is 17.0 Å². The fraction of sp³-hybridized carbons (Fsp3) is 0.462. The van der Waals surface area contributed by atoms with Gasteiger partial charge in [0.15, 0.2) is 0 Å². The zero-order valence-corrected chi connectivity index (χ0v) is 13.3. The third-order valence-corrected chi connectivity index (χ3v) is 3.13. The molecule has 6 heteroatoms. The standard InChI is InChI=1S/C13H16BrClFNO2/c1-13(2,3)19-12(18)17-11(7-14)8-4-5-10(16)9(15)6-8/h4-6,11H,7H2,1-3H3,(H,17,18). The highest BCUT2D eigenvalue weighted by Crippen LogP contribution is 2.22. The first-order chi connectivity index (χ1) is 8.73. The summed E-state index contributed by atoms with van der Waals surface area (Å²) < 4.78 is 18.3. The molecule has 0 aliphatic heterocycles. The van der Waals surface area contributed by atoms with Crippen LogP contribution in [0.1, 0.15) is 32.4 Å². The summed E-state index contributed by atoms with van der Waals surface area (Å²) in [6, 6.07) is 3.99. The van der Waals surface area contributed by atoms with Crippen molar-refractivity contribution in [3.8, 4) is 0 Å². The van der Waals surface area contributed by atoms with Crippen LogP contribution < -0.4 is 5.32 Å². The zero-order chi connectivity index (χ0) is 14.6. The van der Waals surface area contributed by atoms with Crippen molar-refractivity contribution in [3.63, 3.8) is 0 Å². The molecule has 0 radical (unpaired) electrons. The zero-order valence-electron chi connectivity index (χ0n) is 11.0. The van der Waals surface area contributed by atoms with E-state index in [1.54, 1.807) is 26.8 Å². The van der Waals surface area contributed by atoms with E-state index in [9.17, 15) is 9.18 Å². The van der Waals surface area contributed by atoms with Crippen LogP contribution in [0, 0.1) is 5.82 Å². The first-order valence-electron chi connectivity index (χ1n) is 5.73. The Morgan fingerprint density at radius 3 is 2.63 bits per heavy atom. The summed E-state index contributed by atoms with van der Waals surface area (Å²) in [4.78, 5) is 11.7.